The Morgan fingerprint density at radius 1 is 1.00 bits per heavy atom. The van der Waals surface area contributed by atoms with Crippen molar-refractivity contribution in [3.05, 3.63) is 72.3 Å². The predicted octanol–water partition coefficient (Wildman–Crippen LogP) is 7.43. The zero-order chi connectivity index (χ0) is 20.1. The number of alkyl halides is 2. The van der Waals surface area contributed by atoms with Crippen LogP contribution < -0.4 is 0 Å². The lowest BCUT2D eigenvalue weighted by Gasteiger charge is -2.28. The summed E-state index contributed by atoms with van der Waals surface area (Å²) >= 11 is 0. The van der Waals surface area contributed by atoms with E-state index in [1.54, 1.807) is 12.1 Å². The van der Waals surface area contributed by atoms with Gasteiger partial charge >= 0.3 is 5.92 Å². The van der Waals surface area contributed by atoms with Crippen LogP contribution in [0.5, 0.6) is 0 Å². The normalized spacial score (nSPS) is 20.0. The lowest BCUT2D eigenvalue weighted by molar-refractivity contribution is 0.0221. The van der Waals surface area contributed by atoms with Gasteiger partial charge in [0.1, 0.15) is 0 Å². The molecule has 3 heteroatoms. The van der Waals surface area contributed by atoms with Crippen molar-refractivity contribution in [3.63, 3.8) is 0 Å². The molecule has 1 fully saturated rings. The number of hydrogen-bond acceptors (Lipinski definition) is 1. The summed E-state index contributed by atoms with van der Waals surface area (Å²) in [6, 6.07) is 15.0. The second kappa shape index (κ2) is 8.81. The highest BCUT2D eigenvalue weighted by Gasteiger charge is 2.32. The molecule has 0 unspecified atom stereocenters. The van der Waals surface area contributed by atoms with Gasteiger partial charge in [0.2, 0.25) is 5.78 Å². The molecule has 2 aromatic rings. The van der Waals surface area contributed by atoms with Gasteiger partial charge in [-0.15, -0.1) is 6.58 Å². The number of benzene rings is 2. The SMILES string of the molecule is C=CCC[C@H]1CC[C@H](c2ccc(-c3ccc(C(=O)C(C)(F)F)cc3)cc2)CC1. The Balaban J connectivity index is 1.63. The smallest absolute Gasteiger partial charge is 0.287 e. The van der Waals surface area contributed by atoms with E-state index in [-0.39, 0.29) is 5.56 Å². The molecule has 1 nitrogen and oxygen atoms in total. The molecule has 3 rings (SSSR count). The van der Waals surface area contributed by atoms with Crippen LogP contribution in [0, 0.1) is 5.92 Å². The molecule has 0 N–H and O–H groups in total. The van der Waals surface area contributed by atoms with Crippen LogP contribution >= 0.6 is 0 Å². The van der Waals surface area contributed by atoms with Gasteiger partial charge in [0, 0.05) is 12.5 Å². The number of allylic oxidation sites excluding steroid dienone is 1. The zero-order valence-corrected chi connectivity index (χ0v) is 16.5. The predicted molar refractivity (Wildman–Crippen MR) is 111 cm³/mol. The van der Waals surface area contributed by atoms with Crippen molar-refractivity contribution in [2.24, 2.45) is 5.92 Å². The van der Waals surface area contributed by atoms with Crippen molar-refractivity contribution in [1.29, 1.82) is 0 Å². The van der Waals surface area contributed by atoms with Crippen LogP contribution in [0.4, 0.5) is 8.78 Å². The van der Waals surface area contributed by atoms with Crippen LogP contribution in [0.25, 0.3) is 11.1 Å². The fraction of sp³-hybridized carbons (Fsp3) is 0.400. The van der Waals surface area contributed by atoms with Gasteiger partial charge in [0.25, 0.3) is 0 Å². The molecule has 148 valence electrons. The van der Waals surface area contributed by atoms with Gasteiger partial charge in [-0.05, 0) is 67.1 Å². The molecule has 1 aliphatic rings. The number of carbonyl (C=O) groups excluding carboxylic acids is 1. The van der Waals surface area contributed by atoms with E-state index >= 15 is 0 Å². The highest BCUT2D eigenvalue weighted by molar-refractivity contribution is 6.01. The van der Waals surface area contributed by atoms with Crippen LogP contribution in [-0.4, -0.2) is 11.7 Å². The summed E-state index contributed by atoms with van der Waals surface area (Å²) in [6.45, 7) is 4.45. The fourth-order valence-electron chi connectivity index (χ4n) is 4.15. The Kier molecular flexibility index (Phi) is 6.43. The molecule has 28 heavy (non-hydrogen) atoms. The van der Waals surface area contributed by atoms with E-state index in [0.717, 1.165) is 23.5 Å². The van der Waals surface area contributed by atoms with Crippen molar-refractivity contribution < 1.29 is 13.6 Å². The summed E-state index contributed by atoms with van der Waals surface area (Å²) in [6.07, 6.45) is 9.45. The van der Waals surface area contributed by atoms with E-state index in [2.05, 4.69) is 30.8 Å². The maximum Gasteiger partial charge on any atom is 0.307 e. The number of rotatable bonds is 7. The van der Waals surface area contributed by atoms with E-state index in [0.29, 0.717) is 12.8 Å². The minimum atomic E-state index is -3.34. The molecule has 0 bridgehead atoms. The molecule has 2 aromatic carbocycles. The topological polar surface area (TPSA) is 17.1 Å². The molecule has 0 aliphatic heterocycles. The van der Waals surface area contributed by atoms with Crippen LogP contribution in [-0.2, 0) is 0 Å². The first kappa shape index (κ1) is 20.4. The standard InChI is InChI=1S/C25H28F2O/c1-3-4-5-18-6-8-19(9-7-18)20-10-12-21(13-11-20)22-14-16-23(17-15-22)24(28)25(2,26)27/h3,10-19H,1,4-9H2,2H3/t18-,19-. The maximum absolute atomic E-state index is 13.2. The number of ketones is 1. The summed E-state index contributed by atoms with van der Waals surface area (Å²) < 4.78 is 26.4. The van der Waals surface area contributed by atoms with Gasteiger partial charge in [-0.3, -0.25) is 4.79 Å². The lowest BCUT2D eigenvalue weighted by Crippen LogP contribution is -2.24. The highest BCUT2D eigenvalue weighted by atomic mass is 19.3. The van der Waals surface area contributed by atoms with Crippen molar-refractivity contribution in [2.75, 3.05) is 0 Å². The third-order valence-electron chi connectivity index (χ3n) is 5.89. The van der Waals surface area contributed by atoms with Crippen LogP contribution in [0.2, 0.25) is 0 Å². The maximum atomic E-state index is 13.2. The molecule has 0 atom stereocenters. The summed E-state index contributed by atoms with van der Waals surface area (Å²) in [7, 11) is 0. The minimum Gasteiger partial charge on any atom is -0.287 e. The molecular weight excluding hydrogens is 354 g/mol. The number of carbonyl (C=O) groups is 1. The summed E-state index contributed by atoms with van der Waals surface area (Å²) in [5.41, 5.74) is 3.38. The molecule has 1 aliphatic carbocycles. The number of halogens is 2. The van der Waals surface area contributed by atoms with Gasteiger partial charge in [-0.25, -0.2) is 0 Å². The number of hydrogen-bond donors (Lipinski definition) is 0. The second-order valence-electron chi connectivity index (χ2n) is 8.00. The first-order valence-corrected chi connectivity index (χ1v) is 10.1. The monoisotopic (exact) mass is 382 g/mol. The third-order valence-corrected chi connectivity index (χ3v) is 5.89. The second-order valence-corrected chi connectivity index (χ2v) is 8.00. The van der Waals surface area contributed by atoms with Crippen molar-refractivity contribution in [1.82, 2.24) is 0 Å². The fourth-order valence-corrected chi connectivity index (χ4v) is 4.15. The van der Waals surface area contributed by atoms with Gasteiger partial charge in [-0.2, -0.15) is 8.78 Å². The minimum absolute atomic E-state index is 0.0427. The molecule has 0 radical (unpaired) electrons. The van der Waals surface area contributed by atoms with Gasteiger partial charge in [-0.1, -0.05) is 54.6 Å². The first-order valence-electron chi connectivity index (χ1n) is 10.1. The zero-order valence-electron chi connectivity index (χ0n) is 16.5. The van der Waals surface area contributed by atoms with E-state index in [9.17, 15) is 13.6 Å². The molecule has 1 saturated carbocycles. The molecule has 0 amide bonds. The van der Waals surface area contributed by atoms with E-state index in [4.69, 9.17) is 0 Å². The molecule has 0 spiro atoms. The molecule has 0 heterocycles. The first-order chi connectivity index (χ1) is 13.4. The van der Waals surface area contributed by atoms with Crippen LogP contribution in [0.15, 0.2) is 61.2 Å². The van der Waals surface area contributed by atoms with Gasteiger partial charge in [0.05, 0.1) is 0 Å². The Bertz CT molecular complexity index is 792. The Hall–Kier alpha value is -2.29. The average Bonchev–Trinajstić information content (AvgIpc) is 2.72. The lowest BCUT2D eigenvalue weighted by atomic mass is 9.77. The summed E-state index contributed by atoms with van der Waals surface area (Å²) in [5, 5.41) is 0. The van der Waals surface area contributed by atoms with Crippen LogP contribution in [0.3, 0.4) is 0 Å². The molecule has 0 saturated heterocycles. The largest absolute Gasteiger partial charge is 0.307 e. The summed E-state index contributed by atoms with van der Waals surface area (Å²) in [4.78, 5) is 11.7. The molecule has 0 aromatic heterocycles. The van der Waals surface area contributed by atoms with E-state index in [1.807, 2.05) is 6.08 Å². The van der Waals surface area contributed by atoms with Crippen molar-refractivity contribution in [2.45, 2.75) is 57.3 Å². The van der Waals surface area contributed by atoms with Gasteiger partial charge in [0.15, 0.2) is 0 Å². The quantitative estimate of drug-likeness (QED) is 0.359. The van der Waals surface area contributed by atoms with Crippen molar-refractivity contribution >= 4 is 5.78 Å². The number of Topliss-reactive ketones (excluding diaryl/α,β-unsaturated/α-hetero) is 1. The Morgan fingerprint density at radius 3 is 2.04 bits per heavy atom. The van der Waals surface area contributed by atoms with E-state index in [1.165, 1.54) is 49.8 Å². The van der Waals surface area contributed by atoms with Gasteiger partial charge < -0.3 is 0 Å². The highest BCUT2D eigenvalue weighted by Crippen LogP contribution is 2.38. The molecular formula is C25H28F2O. The van der Waals surface area contributed by atoms with Crippen LogP contribution in [0.1, 0.15) is 67.3 Å². The Morgan fingerprint density at radius 2 is 1.54 bits per heavy atom. The Labute approximate surface area is 166 Å². The van der Waals surface area contributed by atoms with Crippen molar-refractivity contribution in [3.8, 4) is 11.1 Å². The summed E-state index contributed by atoms with van der Waals surface area (Å²) in [5.74, 6) is -3.02. The third kappa shape index (κ3) is 4.95. The van der Waals surface area contributed by atoms with E-state index < -0.39 is 11.7 Å². The average molecular weight is 382 g/mol.